The van der Waals surface area contributed by atoms with Gasteiger partial charge in [-0.15, -0.1) is 0 Å². The minimum absolute atomic E-state index is 0.0320. The Balaban J connectivity index is 2.09. The van der Waals surface area contributed by atoms with E-state index in [2.05, 4.69) is 10.1 Å². The first kappa shape index (κ1) is 19.4. The average Bonchev–Trinajstić information content (AvgIpc) is 3.10. The van der Waals surface area contributed by atoms with Crippen molar-refractivity contribution in [1.29, 1.82) is 5.26 Å². The van der Waals surface area contributed by atoms with Gasteiger partial charge in [0.2, 0.25) is 0 Å². The lowest BCUT2D eigenvalue weighted by Gasteiger charge is -2.19. The molecule has 0 bridgehead atoms. The second kappa shape index (κ2) is 7.32. The van der Waals surface area contributed by atoms with Crippen LogP contribution in [0.4, 0.5) is 19.0 Å². The number of carbonyl (C=O) groups is 1. The smallest absolute Gasteiger partial charge is 0.295 e. The van der Waals surface area contributed by atoms with Gasteiger partial charge in [-0.25, -0.2) is 4.98 Å². The van der Waals surface area contributed by atoms with E-state index in [1.165, 1.54) is 13.2 Å². The molecule has 0 aliphatic rings. The summed E-state index contributed by atoms with van der Waals surface area (Å²) in [5.74, 6) is -0.550. The fourth-order valence-corrected chi connectivity index (χ4v) is 2.76. The SMILES string of the molecule is CN(C(=O)c1ccccc1)c1c(C#N)cnn1-c1ncc(C(F)(F)F)cc1Cl. The van der Waals surface area contributed by atoms with Crippen LogP contribution < -0.4 is 4.90 Å². The molecule has 10 heteroatoms. The van der Waals surface area contributed by atoms with Crippen molar-refractivity contribution in [3.63, 3.8) is 0 Å². The molecule has 3 rings (SSSR count). The molecule has 2 aromatic heterocycles. The third-order valence-corrected chi connectivity index (χ3v) is 4.14. The molecule has 1 aromatic carbocycles. The Bertz CT molecular complexity index is 1070. The molecule has 1 amide bonds. The van der Waals surface area contributed by atoms with Gasteiger partial charge >= 0.3 is 6.18 Å². The zero-order chi connectivity index (χ0) is 20.5. The summed E-state index contributed by atoms with van der Waals surface area (Å²) in [4.78, 5) is 17.6. The van der Waals surface area contributed by atoms with E-state index in [4.69, 9.17) is 11.6 Å². The number of rotatable bonds is 3. The molecular formula is C18H11ClF3N5O. The lowest BCUT2D eigenvalue weighted by Crippen LogP contribution is -2.29. The molecule has 0 N–H and O–H groups in total. The highest BCUT2D eigenvalue weighted by atomic mass is 35.5. The lowest BCUT2D eigenvalue weighted by molar-refractivity contribution is -0.137. The zero-order valence-electron chi connectivity index (χ0n) is 14.3. The maximum absolute atomic E-state index is 12.8. The van der Waals surface area contributed by atoms with E-state index in [0.717, 1.165) is 9.58 Å². The molecule has 0 saturated heterocycles. The number of nitriles is 1. The second-order valence-electron chi connectivity index (χ2n) is 5.66. The minimum Gasteiger partial charge on any atom is -0.295 e. The van der Waals surface area contributed by atoms with Crippen LogP contribution in [0.1, 0.15) is 21.5 Å². The first-order valence-electron chi connectivity index (χ1n) is 7.78. The second-order valence-corrected chi connectivity index (χ2v) is 6.07. The molecule has 142 valence electrons. The van der Waals surface area contributed by atoms with Crippen LogP contribution in [0.2, 0.25) is 5.02 Å². The van der Waals surface area contributed by atoms with Crippen LogP contribution in [0, 0.1) is 11.3 Å². The van der Waals surface area contributed by atoms with Crippen molar-refractivity contribution < 1.29 is 18.0 Å². The Hall–Kier alpha value is -3.38. The molecular weight excluding hydrogens is 395 g/mol. The number of alkyl halides is 3. The van der Waals surface area contributed by atoms with Crippen molar-refractivity contribution in [2.75, 3.05) is 11.9 Å². The molecule has 0 saturated carbocycles. The van der Waals surface area contributed by atoms with Gasteiger partial charge < -0.3 is 0 Å². The molecule has 6 nitrogen and oxygen atoms in total. The predicted molar refractivity (Wildman–Crippen MR) is 95.3 cm³/mol. The largest absolute Gasteiger partial charge is 0.417 e. The Kier molecular flexibility index (Phi) is 5.07. The summed E-state index contributed by atoms with van der Waals surface area (Å²) in [5.41, 5.74) is -0.637. The quantitative estimate of drug-likeness (QED) is 0.657. The fraction of sp³-hybridized carbons (Fsp3) is 0.111. The molecule has 0 spiro atoms. The number of anilines is 1. The van der Waals surface area contributed by atoms with Crippen molar-refractivity contribution >= 4 is 23.3 Å². The van der Waals surface area contributed by atoms with Gasteiger partial charge in [0.15, 0.2) is 11.6 Å². The molecule has 0 atom stereocenters. The summed E-state index contributed by atoms with van der Waals surface area (Å²) < 4.78 is 39.6. The standard InChI is InChI=1S/C18H11ClF3N5O/c1-26(17(28)11-5-3-2-4-6-11)16-12(8-23)9-25-27(16)15-14(19)7-13(10-24-15)18(20,21)22/h2-7,9-10H,1H3. The minimum atomic E-state index is -4.61. The normalized spacial score (nSPS) is 11.1. The molecule has 0 radical (unpaired) electrons. The highest BCUT2D eigenvalue weighted by Gasteiger charge is 2.32. The Labute approximate surface area is 162 Å². The van der Waals surface area contributed by atoms with Gasteiger partial charge in [-0.3, -0.25) is 9.69 Å². The van der Waals surface area contributed by atoms with Crippen molar-refractivity contribution in [2.45, 2.75) is 6.18 Å². The number of carbonyl (C=O) groups excluding carboxylic acids is 1. The summed E-state index contributed by atoms with van der Waals surface area (Å²) in [5, 5.41) is 13.0. The van der Waals surface area contributed by atoms with Gasteiger partial charge in [-0.05, 0) is 18.2 Å². The summed E-state index contributed by atoms with van der Waals surface area (Å²) in [6.07, 6.45) is -2.82. The van der Waals surface area contributed by atoms with E-state index in [9.17, 15) is 23.2 Å². The highest BCUT2D eigenvalue weighted by molar-refractivity contribution is 6.32. The number of nitrogens with zero attached hydrogens (tertiary/aromatic N) is 5. The molecule has 2 heterocycles. The molecule has 3 aromatic rings. The van der Waals surface area contributed by atoms with E-state index >= 15 is 0 Å². The fourth-order valence-electron chi connectivity index (χ4n) is 2.51. The van der Waals surface area contributed by atoms with Crippen molar-refractivity contribution in [3.05, 3.63) is 70.5 Å². The summed E-state index contributed by atoms with van der Waals surface area (Å²) in [7, 11) is 1.42. The van der Waals surface area contributed by atoms with Crippen LogP contribution in [0.25, 0.3) is 5.82 Å². The third-order valence-electron chi connectivity index (χ3n) is 3.86. The molecule has 0 fully saturated rings. The monoisotopic (exact) mass is 405 g/mol. The number of halogens is 4. The van der Waals surface area contributed by atoms with Crippen LogP contribution in [0.3, 0.4) is 0 Å². The van der Waals surface area contributed by atoms with Crippen LogP contribution >= 0.6 is 11.6 Å². The van der Waals surface area contributed by atoms with Crippen LogP contribution in [0.15, 0.2) is 48.8 Å². The van der Waals surface area contributed by atoms with Gasteiger partial charge in [-0.1, -0.05) is 29.8 Å². The van der Waals surface area contributed by atoms with E-state index in [0.29, 0.717) is 17.8 Å². The first-order chi connectivity index (χ1) is 13.2. The Morgan fingerprint density at radius 3 is 2.50 bits per heavy atom. The van der Waals surface area contributed by atoms with Crippen molar-refractivity contribution in [3.8, 4) is 11.9 Å². The van der Waals surface area contributed by atoms with E-state index < -0.39 is 17.6 Å². The topological polar surface area (TPSA) is 74.8 Å². The predicted octanol–water partition coefficient (Wildman–Crippen LogP) is 4.09. The number of hydrogen-bond acceptors (Lipinski definition) is 4. The third kappa shape index (κ3) is 3.54. The molecule has 0 unspecified atom stereocenters. The van der Waals surface area contributed by atoms with E-state index in [1.54, 1.807) is 30.3 Å². The van der Waals surface area contributed by atoms with Gasteiger partial charge in [0.25, 0.3) is 5.91 Å². The number of aromatic nitrogens is 3. The zero-order valence-corrected chi connectivity index (χ0v) is 15.0. The maximum Gasteiger partial charge on any atom is 0.417 e. The lowest BCUT2D eigenvalue weighted by atomic mass is 10.2. The Morgan fingerprint density at radius 1 is 1.25 bits per heavy atom. The molecule has 0 aliphatic carbocycles. The summed E-state index contributed by atoms with van der Waals surface area (Å²) >= 11 is 5.99. The number of hydrogen-bond donors (Lipinski definition) is 0. The first-order valence-corrected chi connectivity index (χ1v) is 8.16. The molecule has 0 aliphatic heterocycles. The molecule has 28 heavy (non-hydrogen) atoms. The van der Waals surface area contributed by atoms with Crippen LogP contribution in [0.5, 0.6) is 0 Å². The van der Waals surface area contributed by atoms with Gasteiger partial charge in [0.1, 0.15) is 11.6 Å². The summed E-state index contributed by atoms with van der Waals surface area (Å²) in [6.45, 7) is 0. The van der Waals surface area contributed by atoms with Crippen molar-refractivity contribution in [1.82, 2.24) is 14.8 Å². The summed E-state index contributed by atoms with van der Waals surface area (Å²) in [6, 6.07) is 10.9. The van der Waals surface area contributed by atoms with E-state index in [1.807, 2.05) is 6.07 Å². The van der Waals surface area contributed by atoms with Crippen LogP contribution in [-0.2, 0) is 6.18 Å². The Morgan fingerprint density at radius 2 is 1.93 bits per heavy atom. The highest BCUT2D eigenvalue weighted by Crippen LogP contribution is 2.33. The van der Waals surface area contributed by atoms with Gasteiger partial charge in [0, 0.05) is 18.8 Å². The average molecular weight is 406 g/mol. The van der Waals surface area contributed by atoms with Crippen LogP contribution in [-0.4, -0.2) is 27.7 Å². The number of benzene rings is 1. The number of amides is 1. The van der Waals surface area contributed by atoms with Gasteiger partial charge in [-0.2, -0.15) is 28.2 Å². The van der Waals surface area contributed by atoms with Crippen molar-refractivity contribution in [2.24, 2.45) is 0 Å². The van der Waals surface area contributed by atoms with Gasteiger partial charge in [0.05, 0.1) is 16.8 Å². The van der Waals surface area contributed by atoms with E-state index in [-0.39, 0.29) is 22.2 Å². The number of pyridine rings is 1. The maximum atomic E-state index is 12.8.